The molecular weight excluding hydrogens is 346 g/mol. The predicted octanol–water partition coefficient (Wildman–Crippen LogP) is 3.70. The standard InChI is InChI=1S/C21H27N3O.ClH/c1-14-3-4-15(2)17(13-14)9-12-25-21-18-7-10-22-11-8-19(18)23-20(24-21)16-5-6-16;/h3-4,13,16,22H,5-12H2,1-2H3;1H. The molecule has 0 spiro atoms. The number of fused-ring (bicyclic) bond motifs is 1. The second kappa shape index (κ2) is 8.36. The van der Waals surface area contributed by atoms with Crippen LogP contribution < -0.4 is 10.1 Å². The van der Waals surface area contributed by atoms with Gasteiger partial charge < -0.3 is 10.1 Å². The van der Waals surface area contributed by atoms with Crippen molar-refractivity contribution >= 4 is 12.4 Å². The van der Waals surface area contributed by atoms with Crippen LogP contribution in [0.5, 0.6) is 5.88 Å². The Morgan fingerprint density at radius 1 is 1.12 bits per heavy atom. The van der Waals surface area contributed by atoms with Crippen molar-refractivity contribution in [1.82, 2.24) is 15.3 Å². The van der Waals surface area contributed by atoms with Crippen LogP contribution in [0.25, 0.3) is 0 Å². The van der Waals surface area contributed by atoms with E-state index in [1.165, 1.54) is 40.8 Å². The van der Waals surface area contributed by atoms with E-state index in [-0.39, 0.29) is 12.4 Å². The van der Waals surface area contributed by atoms with Crippen molar-refractivity contribution in [2.75, 3.05) is 19.7 Å². The van der Waals surface area contributed by atoms with Gasteiger partial charge in [0.05, 0.1) is 12.3 Å². The molecule has 4 nitrogen and oxygen atoms in total. The van der Waals surface area contributed by atoms with Crippen LogP contribution in [0.4, 0.5) is 0 Å². The van der Waals surface area contributed by atoms with Gasteiger partial charge in [-0.3, -0.25) is 0 Å². The highest BCUT2D eigenvalue weighted by Gasteiger charge is 2.29. The van der Waals surface area contributed by atoms with Crippen molar-refractivity contribution in [3.05, 3.63) is 52.0 Å². The van der Waals surface area contributed by atoms with Gasteiger partial charge >= 0.3 is 0 Å². The Hall–Kier alpha value is -1.65. The summed E-state index contributed by atoms with van der Waals surface area (Å²) in [6.07, 6.45) is 5.30. The number of halogens is 1. The molecule has 1 N–H and O–H groups in total. The smallest absolute Gasteiger partial charge is 0.220 e. The van der Waals surface area contributed by atoms with Crippen molar-refractivity contribution in [2.24, 2.45) is 0 Å². The quantitative estimate of drug-likeness (QED) is 0.868. The minimum Gasteiger partial charge on any atom is -0.477 e. The first-order chi connectivity index (χ1) is 12.2. The molecule has 1 aliphatic carbocycles. The summed E-state index contributed by atoms with van der Waals surface area (Å²) in [4.78, 5) is 9.66. The van der Waals surface area contributed by atoms with Gasteiger partial charge in [0.25, 0.3) is 0 Å². The monoisotopic (exact) mass is 373 g/mol. The summed E-state index contributed by atoms with van der Waals surface area (Å²) in [6, 6.07) is 6.62. The fourth-order valence-corrected chi connectivity index (χ4v) is 3.50. The van der Waals surface area contributed by atoms with Crippen LogP contribution in [0.2, 0.25) is 0 Å². The highest BCUT2D eigenvalue weighted by Crippen LogP contribution is 2.39. The van der Waals surface area contributed by atoms with E-state index in [9.17, 15) is 0 Å². The Balaban J connectivity index is 0.00000196. The fourth-order valence-electron chi connectivity index (χ4n) is 3.50. The average Bonchev–Trinajstić information content (AvgIpc) is 3.44. The SMILES string of the molecule is Cc1ccc(C)c(CCOc2nc(C3CC3)nc3c2CCNCC3)c1.Cl. The lowest BCUT2D eigenvalue weighted by Gasteiger charge is -2.14. The predicted molar refractivity (Wildman–Crippen MR) is 107 cm³/mol. The van der Waals surface area contributed by atoms with Gasteiger partial charge in [0.15, 0.2) is 0 Å². The zero-order chi connectivity index (χ0) is 17.2. The lowest BCUT2D eigenvalue weighted by atomic mass is 10.0. The number of hydrogen-bond acceptors (Lipinski definition) is 4. The second-order valence-electron chi connectivity index (χ2n) is 7.36. The van der Waals surface area contributed by atoms with E-state index in [0.717, 1.165) is 44.1 Å². The van der Waals surface area contributed by atoms with Gasteiger partial charge in [0.2, 0.25) is 5.88 Å². The van der Waals surface area contributed by atoms with Gasteiger partial charge in [0, 0.05) is 30.9 Å². The van der Waals surface area contributed by atoms with Gasteiger partial charge in [-0.25, -0.2) is 4.98 Å². The van der Waals surface area contributed by atoms with Crippen molar-refractivity contribution in [1.29, 1.82) is 0 Å². The van der Waals surface area contributed by atoms with E-state index in [1.54, 1.807) is 0 Å². The number of nitrogens with zero attached hydrogens (tertiary/aromatic N) is 2. The Morgan fingerprint density at radius 2 is 1.92 bits per heavy atom. The summed E-state index contributed by atoms with van der Waals surface area (Å²) in [7, 11) is 0. The number of nitrogens with one attached hydrogen (secondary N) is 1. The van der Waals surface area contributed by atoms with E-state index in [1.807, 2.05) is 0 Å². The van der Waals surface area contributed by atoms with Crippen LogP contribution in [-0.2, 0) is 19.3 Å². The Bertz CT molecular complexity index is 774. The minimum absolute atomic E-state index is 0. The summed E-state index contributed by atoms with van der Waals surface area (Å²) in [5, 5.41) is 3.46. The molecule has 140 valence electrons. The van der Waals surface area contributed by atoms with Gasteiger partial charge in [0.1, 0.15) is 5.82 Å². The molecule has 2 aliphatic rings. The summed E-state index contributed by atoms with van der Waals surface area (Å²) in [6.45, 7) is 6.96. The number of hydrogen-bond donors (Lipinski definition) is 1. The van der Waals surface area contributed by atoms with Crippen LogP contribution in [0.15, 0.2) is 18.2 Å². The van der Waals surface area contributed by atoms with E-state index >= 15 is 0 Å². The van der Waals surface area contributed by atoms with E-state index in [4.69, 9.17) is 14.7 Å². The lowest BCUT2D eigenvalue weighted by Crippen LogP contribution is -2.16. The fraction of sp³-hybridized carbons (Fsp3) is 0.524. The first-order valence-corrected chi connectivity index (χ1v) is 9.50. The molecule has 0 unspecified atom stereocenters. The third-order valence-corrected chi connectivity index (χ3v) is 5.22. The number of benzene rings is 1. The molecule has 2 heterocycles. The van der Waals surface area contributed by atoms with Gasteiger partial charge in [-0.05, 0) is 50.8 Å². The van der Waals surface area contributed by atoms with E-state index in [0.29, 0.717) is 12.5 Å². The summed E-state index contributed by atoms with van der Waals surface area (Å²) >= 11 is 0. The molecule has 1 aromatic heterocycles. The summed E-state index contributed by atoms with van der Waals surface area (Å²) < 4.78 is 6.20. The topological polar surface area (TPSA) is 47.0 Å². The minimum atomic E-state index is 0. The van der Waals surface area contributed by atoms with Crippen molar-refractivity contribution in [2.45, 2.75) is 51.9 Å². The van der Waals surface area contributed by atoms with Gasteiger partial charge in [-0.15, -0.1) is 12.4 Å². The molecule has 1 saturated carbocycles. The number of ether oxygens (including phenoxy) is 1. The molecule has 5 heteroatoms. The molecule has 1 aliphatic heterocycles. The first-order valence-electron chi connectivity index (χ1n) is 9.50. The molecule has 0 saturated heterocycles. The zero-order valence-corrected chi connectivity index (χ0v) is 16.5. The van der Waals surface area contributed by atoms with Crippen molar-refractivity contribution < 1.29 is 4.74 Å². The molecule has 0 amide bonds. The van der Waals surface area contributed by atoms with E-state index < -0.39 is 0 Å². The molecule has 2 aromatic rings. The Kier molecular flexibility index (Phi) is 6.15. The zero-order valence-electron chi connectivity index (χ0n) is 15.7. The second-order valence-corrected chi connectivity index (χ2v) is 7.36. The third kappa shape index (κ3) is 4.36. The Labute approximate surface area is 162 Å². The van der Waals surface area contributed by atoms with Crippen molar-refractivity contribution in [3.63, 3.8) is 0 Å². The molecule has 0 bridgehead atoms. The maximum atomic E-state index is 6.20. The summed E-state index contributed by atoms with van der Waals surface area (Å²) in [5.74, 6) is 2.39. The highest BCUT2D eigenvalue weighted by molar-refractivity contribution is 5.85. The van der Waals surface area contributed by atoms with Crippen molar-refractivity contribution in [3.8, 4) is 5.88 Å². The Morgan fingerprint density at radius 3 is 2.73 bits per heavy atom. The molecule has 1 fully saturated rings. The normalized spacial score (nSPS) is 16.4. The number of aryl methyl sites for hydroxylation is 2. The number of aromatic nitrogens is 2. The molecule has 4 rings (SSSR count). The first kappa shape index (κ1) is 19.1. The van der Waals surface area contributed by atoms with Crippen LogP contribution >= 0.6 is 12.4 Å². The largest absolute Gasteiger partial charge is 0.477 e. The molecule has 26 heavy (non-hydrogen) atoms. The molecule has 0 radical (unpaired) electrons. The highest BCUT2D eigenvalue weighted by atomic mass is 35.5. The van der Waals surface area contributed by atoms with Gasteiger partial charge in [-0.1, -0.05) is 23.8 Å². The van der Waals surface area contributed by atoms with E-state index in [2.05, 4.69) is 37.4 Å². The number of rotatable bonds is 5. The summed E-state index contributed by atoms with van der Waals surface area (Å²) in [5.41, 5.74) is 6.42. The maximum Gasteiger partial charge on any atom is 0.220 e. The lowest BCUT2D eigenvalue weighted by molar-refractivity contribution is 0.303. The van der Waals surface area contributed by atoms with Crippen LogP contribution in [0.1, 0.15) is 52.5 Å². The molecule has 0 atom stereocenters. The van der Waals surface area contributed by atoms with Gasteiger partial charge in [-0.2, -0.15) is 4.98 Å². The molecule has 1 aromatic carbocycles. The third-order valence-electron chi connectivity index (χ3n) is 5.22. The maximum absolute atomic E-state index is 6.20. The van der Waals surface area contributed by atoms with Crippen LogP contribution in [0.3, 0.4) is 0 Å². The molecular formula is C21H28ClN3O. The van der Waals surface area contributed by atoms with Crippen LogP contribution in [-0.4, -0.2) is 29.7 Å². The van der Waals surface area contributed by atoms with Crippen LogP contribution in [0, 0.1) is 13.8 Å². The average molecular weight is 374 g/mol.